The summed E-state index contributed by atoms with van der Waals surface area (Å²) < 4.78 is 1.78. The highest BCUT2D eigenvalue weighted by atomic mass is 16.3. The first-order chi connectivity index (χ1) is 12.1. The van der Waals surface area contributed by atoms with Crippen molar-refractivity contribution in [3.8, 4) is 0 Å². The van der Waals surface area contributed by atoms with Gasteiger partial charge in [0.05, 0.1) is 11.3 Å². The Morgan fingerprint density at radius 3 is 2.84 bits per heavy atom. The molecule has 25 heavy (non-hydrogen) atoms. The molecule has 0 saturated carbocycles. The fourth-order valence-corrected chi connectivity index (χ4v) is 3.65. The van der Waals surface area contributed by atoms with Gasteiger partial charge in [0.15, 0.2) is 0 Å². The zero-order valence-corrected chi connectivity index (χ0v) is 14.2. The first-order valence-electron chi connectivity index (χ1n) is 8.57. The molecule has 1 aliphatic rings. The van der Waals surface area contributed by atoms with E-state index in [2.05, 4.69) is 22.4 Å². The monoisotopic (exact) mass is 335 g/mol. The Labute approximate surface area is 146 Å². The van der Waals surface area contributed by atoms with Crippen molar-refractivity contribution >= 4 is 11.6 Å². The Bertz CT molecular complexity index is 947. The predicted octanol–water partition coefficient (Wildman–Crippen LogP) is 2.29. The van der Waals surface area contributed by atoms with Gasteiger partial charge in [0.2, 0.25) is 0 Å². The van der Waals surface area contributed by atoms with E-state index in [1.165, 1.54) is 5.56 Å². The second-order valence-corrected chi connectivity index (χ2v) is 6.83. The highest BCUT2D eigenvalue weighted by Crippen LogP contribution is 2.28. The van der Waals surface area contributed by atoms with Crippen LogP contribution in [-0.2, 0) is 12.8 Å². The second-order valence-electron chi connectivity index (χ2n) is 6.83. The van der Waals surface area contributed by atoms with Gasteiger partial charge in [-0.05, 0) is 43.0 Å². The lowest BCUT2D eigenvalue weighted by atomic mass is 9.80. The molecule has 4 rings (SSSR count). The van der Waals surface area contributed by atoms with Crippen LogP contribution in [-0.4, -0.2) is 32.5 Å². The number of pyridine rings is 1. The van der Waals surface area contributed by atoms with Gasteiger partial charge in [-0.25, -0.2) is 4.98 Å². The zero-order chi connectivity index (χ0) is 17.4. The van der Waals surface area contributed by atoms with Crippen LogP contribution >= 0.6 is 0 Å². The number of nitrogens with zero attached hydrogens (tertiary/aromatic N) is 2. The van der Waals surface area contributed by atoms with Crippen molar-refractivity contribution in [1.29, 1.82) is 0 Å². The number of amides is 1. The molecule has 0 saturated heterocycles. The van der Waals surface area contributed by atoms with Crippen LogP contribution in [0.1, 0.15) is 33.7 Å². The number of carbonyl (C=O) groups excluding carboxylic acids is 1. The number of rotatable bonds is 3. The minimum absolute atomic E-state index is 0.205. The minimum atomic E-state index is -0.904. The largest absolute Gasteiger partial charge is 0.388 e. The number of aryl methyl sites for hydroxylation is 2. The zero-order valence-electron chi connectivity index (χ0n) is 14.2. The van der Waals surface area contributed by atoms with Crippen LogP contribution in [0.2, 0.25) is 0 Å². The van der Waals surface area contributed by atoms with Crippen LogP contribution in [0, 0.1) is 6.92 Å². The first-order valence-corrected chi connectivity index (χ1v) is 8.57. The highest BCUT2D eigenvalue weighted by Gasteiger charge is 2.32. The van der Waals surface area contributed by atoms with Gasteiger partial charge in [-0.3, -0.25) is 9.20 Å². The predicted molar refractivity (Wildman–Crippen MR) is 95.7 cm³/mol. The molecule has 0 radical (unpaired) electrons. The fraction of sp³-hybridized carbons (Fsp3) is 0.300. The molecule has 1 amide bonds. The van der Waals surface area contributed by atoms with E-state index < -0.39 is 5.60 Å². The third-order valence-corrected chi connectivity index (χ3v) is 4.99. The van der Waals surface area contributed by atoms with Crippen LogP contribution in [0.5, 0.6) is 0 Å². The average Bonchev–Trinajstić information content (AvgIpc) is 2.95. The van der Waals surface area contributed by atoms with Crippen molar-refractivity contribution in [3.05, 3.63) is 71.2 Å². The van der Waals surface area contributed by atoms with Crippen molar-refractivity contribution < 1.29 is 9.90 Å². The quantitative estimate of drug-likeness (QED) is 0.772. The van der Waals surface area contributed by atoms with E-state index in [0.717, 1.165) is 17.6 Å². The number of hydrogen-bond acceptors (Lipinski definition) is 3. The van der Waals surface area contributed by atoms with Gasteiger partial charge in [-0.1, -0.05) is 30.3 Å². The molecule has 1 aliphatic carbocycles. The number of hydrogen-bond donors (Lipinski definition) is 2. The second kappa shape index (κ2) is 6.01. The molecule has 2 N–H and O–H groups in total. The summed E-state index contributed by atoms with van der Waals surface area (Å²) in [5, 5.41) is 13.8. The van der Waals surface area contributed by atoms with Gasteiger partial charge in [-0.2, -0.15) is 0 Å². The first kappa shape index (κ1) is 15.8. The minimum Gasteiger partial charge on any atom is -0.388 e. The Balaban J connectivity index is 1.51. The van der Waals surface area contributed by atoms with Crippen molar-refractivity contribution in [2.45, 2.75) is 31.8 Å². The van der Waals surface area contributed by atoms with E-state index in [9.17, 15) is 9.90 Å². The Morgan fingerprint density at radius 2 is 2.00 bits per heavy atom. The van der Waals surface area contributed by atoms with Crippen molar-refractivity contribution in [1.82, 2.24) is 14.7 Å². The Kier molecular flexibility index (Phi) is 3.81. The van der Waals surface area contributed by atoms with Crippen LogP contribution in [0.3, 0.4) is 0 Å². The summed E-state index contributed by atoms with van der Waals surface area (Å²) in [5.74, 6) is -0.205. The van der Waals surface area contributed by atoms with Crippen LogP contribution < -0.4 is 5.32 Å². The van der Waals surface area contributed by atoms with Crippen molar-refractivity contribution in [2.75, 3.05) is 6.54 Å². The van der Waals surface area contributed by atoms with Crippen molar-refractivity contribution in [2.24, 2.45) is 0 Å². The number of imidazole rings is 1. The Hall–Kier alpha value is -2.66. The normalized spacial score (nSPS) is 19.6. The van der Waals surface area contributed by atoms with E-state index in [0.29, 0.717) is 24.2 Å². The van der Waals surface area contributed by atoms with Gasteiger partial charge < -0.3 is 10.4 Å². The average molecular weight is 335 g/mol. The number of aromatic nitrogens is 2. The summed E-state index contributed by atoms with van der Waals surface area (Å²) in [4.78, 5) is 17.1. The standard InChI is InChI=1S/C20H21N3O2/c1-14-18(23-11-5-4-8-17(23)22-14)19(24)21-13-20(25)10-9-15-6-2-3-7-16(15)12-20/h2-8,11,25H,9-10,12-13H2,1H3,(H,21,24). The molecule has 3 aromatic rings. The van der Waals surface area contributed by atoms with E-state index in [-0.39, 0.29) is 12.5 Å². The summed E-state index contributed by atoms with van der Waals surface area (Å²) in [5.41, 5.74) is 3.50. The third-order valence-electron chi connectivity index (χ3n) is 4.99. The maximum absolute atomic E-state index is 12.7. The van der Waals surface area contributed by atoms with E-state index in [1.54, 1.807) is 4.40 Å². The molecule has 5 nitrogen and oxygen atoms in total. The van der Waals surface area contributed by atoms with Gasteiger partial charge in [0.25, 0.3) is 5.91 Å². The molecular weight excluding hydrogens is 314 g/mol. The fourth-order valence-electron chi connectivity index (χ4n) is 3.65. The van der Waals surface area contributed by atoms with Gasteiger partial charge in [0.1, 0.15) is 11.3 Å². The molecule has 0 spiro atoms. The molecule has 1 atom stereocenters. The summed E-state index contributed by atoms with van der Waals surface area (Å²) in [6.07, 6.45) is 3.87. The van der Waals surface area contributed by atoms with E-state index in [1.807, 2.05) is 43.5 Å². The number of fused-ring (bicyclic) bond motifs is 2. The molecule has 5 heteroatoms. The molecule has 0 fully saturated rings. The van der Waals surface area contributed by atoms with Gasteiger partial charge in [-0.15, -0.1) is 0 Å². The van der Waals surface area contributed by atoms with E-state index >= 15 is 0 Å². The summed E-state index contributed by atoms with van der Waals surface area (Å²) in [6, 6.07) is 13.8. The smallest absolute Gasteiger partial charge is 0.270 e. The van der Waals surface area contributed by atoms with Gasteiger partial charge in [0, 0.05) is 19.2 Å². The van der Waals surface area contributed by atoms with E-state index in [4.69, 9.17) is 0 Å². The number of aliphatic hydroxyl groups is 1. The molecule has 0 bridgehead atoms. The Morgan fingerprint density at radius 1 is 1.24 bits per heavy atom. The molecule has 1 unspecified atom stereocenters. The highest BCUT2D eigenvalue weighted by molar-refractivity contribution is 5.94. The maximum Gasteiger partial charge on any atom is 0.270 e. The van der Waals surface area contributed by atoms with Crippen LogP contribution in [0.4, 0.5) is 0 Å². The molecule has 1 aromatic carbocycles. The van der Waals surface area contributed by atoms with Crippen LogP contribution in [0.15, 0.2) is 48.7 Å². The molecule has 0 aliphatic heterocycles. The van der Waals surface area contributed by atoms with Gasteiger partial charge >= 0.3 is 0 Å². The van der Waals surface area contributed by atoms with Crippen LogP contribution in [0.25, 0.3) is 5.65 Å². The lowest BCUT2D eigenvalue weighted by Crippen LogP contribution is -2.47. The summed E-state index contributed by atoms with van der Waals surface area (Å²) in [6.45, 7) is 2.06. The molecule has 2 heterocycles. The molecule has 2 aromatic heterocycles. The lowest BCUT2D eigenvalue weighted by molar-refractivity contribution is 0.0259. The van der Waals surface area contributed by atoms with Crippen molar-refractivity contribution in [3.63, 3.8) is 0 Å². The molecular formula is C20H21N3O2. The lowest BCUT2D eigenvalue weighted by Gasteiger charge is -2.33. The molecule has 128 valence electrons. The summed E-state index contributed by atoms with van der Waals surface area (Å²) in [7, 11) is 0. The number of benzene rings is 1. The number of carbonyl (C=O) groups is 1. The summed E-state index contributed by atoms with van der Waals surface area (Å²) >= 11 is 0. The third kappa shape index (κ3) is 2.91. The topological polar surface area (TPSA) is 66.6 Å². The maximum atomic E-state index is 12.7. The number of nitrogens with one attached hydrogen (secondary N) is 1. The SMILES string of the molecule is Cc1nc2ccccn2c1C(=O)NCC1(O)CCc2ccccc2C1.